The Bertz CT molecular complexity index is 845. The van der Waals surface area contributed by atoms with Crippen molar-refractivity contribution in [3.8, 4) is 0 Å². The normalized spacial score (nSPS) is 18.3. The van der Waals surface area contributed by atoms with Gasteiger partial charge in [0.05, 0.1) is 20.1 Å². The molecule has 0 aliphatic heterocycles. The maximum atomic E-state index is 6.36. The average molecular weight is 423 g/mol. The van der Waals surface area contributed by atoms with E-state index >= 15 is 0 Å². The molecule has 0 saturated heterocycles. The highest BCUT2D eigenvalue weighted by Crippen LogP contribution is 2.39. The lowest BCUT2D eigenvalue weighted by Gasteiger charge is -2.35. The Morgan fingerprint density at radius 1 is 1.18 bits per heavy atom. The first-order valence-corrected chi connectivity index (χ1v) is 10.6. The number of nitrogens with zero attached hydrogens (tertiary/aromatic N) is 4. The number of allylic oxidation sites excluding steroid dienone is 1. The summed E-state index contributed by atoms with van der Waals surface area (Å²) >= 11 is 12.4. The monoisotopic (exact) mass is 422 g/mol. The number of nitrogens with one attached hydrogen (secondary N) is 1. The maximum Gasteiger partial charge on any atom is 0.213 e. The van der Waals surface area contributed by atoms with Crippen molar-refractivity contribution in [2.24, 2.45) is 5.41 Å². The minimum absolute atomic E-state index is 0.000990. The van der Waals surface area contributed by atoms with E-state index in [4.69, 9.17) is 23.2 Å². The molecule has 1 aliphatic rings. The number of rotatable bonds is 5. The fourth-order valence-corrected chi connectivity index (χ4v) is 4.66. The largest absolute Gasteiger partial charge is 0.329 e. The second kappa shape index (κ2) is 8.13. The van der Waals surface area contributed by atoms with Crippen LogP contribution >= 0.6 is 23.2 Å². The lowest BCUT2D eigenvalue weighted by atomic mass is 9.85. The smallest absolute Gasteiger partial charge is 0.213 e. The topological polar surface area (TPSA) is 48.0 Å². The molecule has 1 atom stereocenters. The van der Waals surface area contributed by atoms with Gasteiger partial charge in [0.15, 0.2) is 5.54 Å². The summed E-state index contributed by atoms with van der Waals surface area (Å²) in [6, 6.07) is 5.55. The van der Waals surface area contributed by atoms with Gasteiger partial charge in [0, 0.05) is 22.9 Å². The molecule has 0 amide bonds. The number of hydrogen-bond donors (Lipinski definition) is 1. The maximum absolute atomic E-state index is 6.36. The van der Waals surface area contributed by atoms with Gasteiger partial charge in [0.2, 0.25) is 5.82 Å². The number of benzene rings is 1. The van der Waals surface area contributed by atoms with Crippen LogP contribution in [0.5, 0.6) is 0 Å². The van der Waals surface area contributed by atoms with Crippen LogP contribution in [-0.2, 0) is 5.54 Å². The van der Waals surface area contributed by atoms with Crippen LogP contribution in [0.4, 0.5) is 0 Å². The predicted octanol–water partition coefficient (Wildman–Crippen LogP) is 4.19. The number of quaternary nitrogens is 1. The molecule has 28 heavy (non-hydrogen) atoms. The molecule has 7 heteroatoms. The Morgan fingerprint density at radius 2 is 1.86 bits per heavy atom. The Balaban J connectivity index is 2.03. The standard InChI is InChI=1S/C21H29Cl2N5/c1-20(2,3)18(11-9-15-8-10-16(22)14-17(15)23)28-19(24-25-26-28)21(27(4)5)12-6-7-13-21/h8-11,14,18H,6-7,12-13H2,1-5H3/p+1/t18-/m0/s1. The zero-order chi connectivity index (χ0) is 20.5. The molecule has 0 spiro atoms. The molecule has 1 aliphatic carbocycles. The molecule has 1 fully saturated rings. The minimum atomic E-state index is -0.0685. The fraction of sp³-hybridized carbons (Fsp3) is 0.571. The van der Waals surface area contributed by atoms with E-state index in [1.807, 2.05) is 22.9 Å². The molecule has 152 valence electrons. The lowest BCUT2D eigenvalue weighted by molar-refractivity contribution is -0.924. The van der Waals surface area contributed by atoms with E-state index in [0.717, 1.165) is 24.2 Å². The molecule has 1 N–H and O–H groups in total. The molecule has 1 saturated carbocycles. The second-order valence-electron chi connectivity index (χ2n) is 9.07. The third-order valence-electron chi connectivity index (χ3n) is 5.91. The number of aromatic nitrogens is 4. The van der Waals surface area contributed by atoms with Gasteiger partial charge in [0.25, 0.3) is 0 Å². The fourth-order valence-electron chi connectivity index (χ4n) is 4.19. The first-order valence-electron chi connectivity index (χ1n) is 9.87. The summed E-state index contributed by atoms with van der Waals surface area (Å²) in [5, 5.41) is 14.3. The van der Waals surface area contributed by atoms with Gasteiger partial charge in [0.1, 0.15) is 0 Å². The molecule has 1 heterocycles. The van der Waals surface area contributed by atoms with Gasteiger partial charge in [-0.25, -0.2) is 4.68 Å². The minimum Gasteiger partial charge on any atom is -0.329 e. The van der Waals surface area contributed by atoms with Crippen LogP contribution in [0.25, 0.3) is 6.08 Å². The van der Waals surface area contributed by atoms with E-state index in [2.05, 4.69) is 56.5 Å². The molecular formula is C21H30Cl2N5+. The first kappa shape index (κ1) is 21.3. The van der Waals surface area contributed by atoms with Crippen molar-refractivity contribution in [2.45, 2.75) is 58.0 Å². The van der Waals surface area contributed by atoms with Gasteiger partial charge in [-0.2, -0.15) is 0 Å². The van der Waals surface area contributed by atoms with Crippen molar-refractivity contribution in [3.63, 3.8) is 0 Å². The Kier molecular flexibility index (Phi) is 6.18. The summed E-state index contributed by atoms with van der Waals surface area (Å²) in [4.78, 5) is 1.39. The zero-order valence-corrected chi connectivity index (χ0v) is 18.8. The average Bonchev–Trinajstić information content (AvgIpc) is 3.25. The highest BCUT2D eigenvalue weighted by atomic mass is 35.5. The van der Waals surface area contributed by atoms with E-state index in [1.54, 1.807) is 6.07 Å². The van der Waals surface area contributed by atoms with Crippen molar-refractivity contribution in [2.75, 3.05) is 14.1 Å². The molecule has 0 unspecified atom stereocenters. The summed E-state index contributed by atoms with van der Waals surface area (Å²) in [7, 11) is 4.42. The summed E-state index contributed by atoms with van der Waals surface area (Å²) in [6.45, 7) is 6.63. The third kappa shape index (κ3) is 4.12. The van der Waals surface area contributed by atoms with Gasteiger partial charge in [-0.05, 0) is 46.4 Å². The quantitative estimate of drug-likeness (QED) is 0.785. The SMILES string of the molecule is C[NH+](C)C1(c2nnnn2[C@@H](C=Cc2ccc(Cl)cc2Cl)C(C)(C)C)CCCC1. The molecule has 5 nitrogen and oxygen atoms in total. The summed E-state index contributed by atoms with van der Waals surface area (Å²) in [5.41, 5.74) is 0.837. The number of halogens is 2. The summed E-state index contributed by atoms with van der Waals surface area (Å²) < 4.78 is 2.03. The second-order valence-corrected chi connectivity index (χ2v) is 9.92. The number of tetrazole rings is 1. The van der Waals surface area contributed by atoms with E-state index in [1.165, 1.54) is 17.7 Å². The van der Waals surface area contributed by atoms with Crippen LogP contribution in [0, 0.1) is 5.41 Å². The molecule has 2 aromatic rings. The lowest BCUT2D eigenvalue weighted by Crippen LogP contribution is -3.13. The van der Waals surface area contributed by atoms with Crippen LogP contribution in [0.1, 0.15) is 63.9 Å². The van der Waals surface area contributed by atoms with Crippen molar-refractivity contribution in [1.82, 2.24) is 20.2 Å². The first-order chi connectivity index (χ1) is 13.1. The molecule has 0 radical (unpaired) electrons. The Hall–Kier alpha value is -1.43. The zero-order valence-electron chi connectivity index (χ0n) is 17.3. The molecule has 3 rings (SSSR count). The molecule has 0 bridgehead atoms. The third-order valence-corrected chi connectivity index (χ3v) is 6.47. The Labute approximate surface area is 177 Å². The van der Waals surface area contributed by atoms with Crippen molar-refractivity contribution >= 4 is 29.3 Å². The summed E-state index contributed by atoms with van der Waals surface area (Å²) in [5.74, 6) is 0.983. The van der Waals surface area contributed by atoms with E-state index < -0.39 is 0 Å². The Morgan fingerprint density at radius 3 is 2.43 bits per heavy atom. The van der Waals surface area contributed by atoms with Crippen LogP contribution in [0.2, 0.25) is 10.0 Å². The van der Waals surface area contributed by atoms with Gasteiger partial charge >= 0.3 is 0 Å². The molecule has 1 aromatic heterocycles. The van der Waals surface area contributed by atoms with Crippen molar-refractivity contribution in [1.29, 1.82) is 0 Å². The highest BCUT2D eigenvalue weighted by Gasteiger charge is 2.47. The van der Waals surface area contributed by atoms with E-state index in [9.17, 15) is 0 Å². The van der Waals surface area contributed by atoms with Crippen molar-refractivity contribution < 1.29 is 4.90 Å². The van der Waals surface area contributed by atoms with Crippen LogP contribution in [-0.4, -0.2) is 34.3 Å². The molecular weight excluding hydrogens is 393 g/mol. The highest BCUT2D eigenvalue weighted by molar-refractivity contribution is 6.35. The van der Waals surface area contributed by atoms with Crippen LogP contribution < -0.4 is 4.90 Å². The van der Waals surface area contributed by atoms with Crippen LogP contribution in [0.15, 0.2) is 24.3 Å². The van der Waals surface area contributed by atoms with Gasteiger partial charge in [-0.1, -0.05) is 62.2 Å². The predicted molar refractivity (Wildman–Crippen MR) is 115 cm³/mol. The number of hydrogen-bond acceptors (Lipinski definition) is 3. The van der Waals surface area contributed by atoms with Crippen molar-refractivity contribution in [3.05, 3.63) is 45.7 Å². The van der Waals surface area contributed by atoms with E-state index in [0.29, 0.717) is 10.0 Å². The van der Waals surface area contributed by atoms with Gasteiger partial charge in [-0.15, -0.1) is 5.10 Å². The van der Waals surface area contributed by atoms with Gasteiger partial charge in [-0.3, -0.25) is 0 Å². The summed E-state index contributed by atoms with van der Waals surface area (Å²) in [6.07, 6.45) is 8.86. The van der Waals surface area contributed by atoms with E-state index in [-0.39, 0.29) is 17.0 Å². The van der Waals surface area contributed by atoms with Gasteiger partial charge < -0.3 is 4.90 Å². The van der Waals surface area contributed by atoms with Crippen LogP contribution in [0.3, 0.4) is 0 Å². The molecule has 1 aromatic carbocycles.